The number of aromatic nitrogens is 2. The monoisotopic (exact) mass is 350 g/mol. The maximum Gasteiger partial charge on any atom is 0.327 e. The molecule has 7 heteroatoms. The molecule has 0 spiro atoms. The van der Waals surface area contributed by atoms with Gasteiger partial charge in [-0.1, -0.05) is 12.1 Å². The van der Waals surface area contributed by atoms with Crippen LogP contribution in [-0.2, 0) is 0 Å². The third kappa shape index (κ3) is 3.19. The Kier molecular flexibility index (Phi) is 4.18. The first kappa shape index (κ1) is 16.0. The van der Waals surface area contributed by atoms with Crippen LogP contribution in [0, 0.1) is 5.82 Å². The highest BCUT2D eigenvalue weighted by atomic mass is 19.1. The highest BCUT2D eigenvalue weighted by Crippen LogP contribution is 2.33. The zero-order valence-corrected chi connectivity index (χ0v) is 13.7. The molecule has 1 aliphatic rings. The van der Waals surface area contributed by atoms with Gasteiger partial charge < -0.3 is 10.1 Å². The molecule has 0 aliphatic carbocycles. The van der Waals surface area contributed by atoms with Crippen LogP contribution in [0.5, 0.6) is 5.75 Å². The lowest BCUT2D eigenvalue weighted by Crippen LogP contribution is -2.41. The van der Waals surface area contributed by atoms with Crippen LogP contribution in [0.3, 0.4) is 0 Å². The number of pyridine rings is 2. The molecule has 2 amide bonds. The van der Waals surface area contributed by atoms with Crippen molar-refractivity contribution in [1.29, 1.82) is 0 Å². The van der Waals surface area contributed by atoms with Crippen molar-refractivity contribution < 1.29 is 13.9 Å². The van der Waals surface area contributed by atoms with Crippen molar-refractivity contribution >= 4 is 17.5 Å². The van der Waals surface area contributed by atoms with Gasteiger partial charge in [-0.25, -0.2) is 14.2 Å². The number of fused-ring (bicyclic) bond motifs is 1. The minimum absolute atomic E-state index is 0.315. The Labute approximate surface area is 149 Å². The predicted octanol–water partition coefficient (Wildman–Crippen LogP) is 3.71. The summed E-state index contributed by atoms with van der Waals surface area (Å²) in [7, 11) is 0. The zero-order chi connectivity index (χ0) is 17.9. The summed E-state index contributed by atoms with van der Waals surface area (Å²) in [5.41, 5.74) is 1.84. The number of nitrogens with zero attached hydrogens (tertiary/aromatic N) is 3. The molecule has 3 aromatic rings. The summed E-state index contributed by atoms with van der Waals surface area (Å²) in [6, 6.07) is 12.8. The van der Waals surface area contributed by atoms with Gasteiger partial charge in [0.1, 0.15) is 12.4 Å². The topological polar surface area (TPSA) is 67.4 Å². The first-order valence-electron chi connectivity index (χ1n) is 8.09. The Morgan fingerprint density at radius 2 is 2.00 bits per heavy atom. The average molecular weight is 350 g/mol. The van der Waals surface area contributed by atoms with Gasteiger partial charge >= 0.3 is 6.03 Å². The molecule has 0 fully saturated rings. The lowest BCUT2D eigenvalue weighted by molar-refractivity contribution is 0.249. The molecule has 0 unspecified atom stereocenters. The lowest BCUT2D eigenvalue weighted by Gasteiger charge is -2.28. The van der Waals surface area contributed by atoms with Gasteiger partial charge in [-0.2, -0.15) is 0 Å². The van der Waals surface area contributed by atoms with E-state index in [0.29, 0.717) is 41.7 Å². The van der Waals surface area contributed by atoms with Crippen LogP contribution in [-0.4, -0.2) is 29.2 Å². The highest BCUT2D eigenvalue weighted by molar-refractivity contribution is 6.02. The van der Waals surface area contributed by atoms with Crippen LogP contribution in [0.15, 0.2) is 60.9 Å². The van der Waals surface area contributed by atoms with Gasteiger partial charge in [0, 0.05) is 23.6 Å². The molecular formula is C19H15FN4O2. The number of halogens is 1. The second kappa shape index (κ2) is 6.79. The van der Waals surface area contributed by atoms with Crippen molar-refractivity contribution in [1.82, 2.24) is 9.97 Å². The molecule has 0 saturated heterocycles. The number of rotatable bonds is 2. The second-order valence-corrected chi connectivity index (χ2v) is 5.69. The molecule has 4 rings (SSSR count). The quantitative estimate of drug-likeness (QED) is 0.765. The van der Waals surface area contributed by atoms with E-state index in [1.54, 1.807) is 48.8 Å². The van der Waals surface area contributed by atoms with Crippen LogP contribution in [0.4, 0.5) is 20.7 Å². The van der Waals surface area contributed by atoms with Crippen LogP contribution in [0.1, 0.15) is 0 Å². The summed E-state index contributed by atoms with van der Waals surface area (Å²) >= 11 is 0. The number of nitrogens with one attached hydrogen (secondary N) is 1. The number of benzene rings is 1. The standard InChI is InChI=1S/C19H15FN4O2/c20-14-3-1-2-13(12-14)16-4-5-17-18(23-16)24(10-11-26-17)19(25)22-15-6-8-21-9-7-15/h1-9,12H,10-11H2,(H,21,22,25). The number of anilines is 2. The fraction of sp³-hybridized carbons (Fsp3) is 0.105. The maximum absolute atomic E-state index is 13.5. The third-order valence-corrected chi connectivity index (χ3v) is 3.96. The molecule has 1 aliphatic heterocycles. The van der Waals surface area contributed by atoms with E-state index in [1.165, 1.54) is 17.0 Å². The molecule has 26 heavy (non-hydrogen) atoms. The second-order valence-electron chi connectivity index (χ2n) is 5.69. The summed E-state index contributed by atoms with van der Waals surface area (Å²) < 4.78 is 19.1. The first-order valence-corrected chi connectivity index (χ1v) is 8.09. The molecule has 0 radical (unpaired) electrons. The van der Waals surface area contributed by atoms with Gasteiger partial charge in [0.2, 0.25) is 0 Å². The zero-order valence-electron chi connectivity index (χ0n) is 13.7. The molecule has 1 N–H and O–H groups in total. The number of ether oxygens (including phenoxy) is 1. The SMILES string of the molecule is O=C(Nc1ccncc1)N1CCOc2ccc(-c3cccc(F)c3)nc21. The Balaban J connectivity index is 1.66. The van der Waals surface area contributed by atoms with E-state index >= 15 is 0 Å². The van der Waals surface area contributed by atoms with Crippen LogP contribution < -0.4 is 15.0 Å². The highest BCUT2D eigenvalue weighted by Gasteiger charge is 2.26. The largest absolute Gasteiger partial charge is 0.488 e. The summed E-state index contributed by atoms with van der Waals surface area (Å²) in [5.74, 6) is 0.580. The lowest BCUT2D eigenvalue weighted by atomic mass is 10.1. The normalized spacial score (nSPS) is 12.9. The van der Waals surface area contributed by atoms with Crippen molar-refractivity contribution in [2.24, 2.45) is 0 Å². The maximum atomic E-state index is 13.5. The molecule has 1 aromatic carbocycles. The third-order valence-electron chi connectivity index (χ3n) is 3.96. The summed E-state index contributed by atoms with van der Waals surface area (Å²) in [4.78, 5) is 22.6. The number of urea groups is 1. The minimum Gasteiger partial charge on any atom is -0.488 e. The molecule has 3 heterocycles. The van der Waals surface area contributed by atoms with E-state index in [0.717, 1.165) is 0 Å². The fourth-order valence-corrected chi connectivity index (χ4v) is 2.73. The minimum atomic E-state index is -0.342. The fourth-order valence-electron chi connectivity index (χ4n) is 2.73. The average Bonchev–Trinajstić information content (AvgIpc) is 2.68. The predicted molar refractivity (Wildman–Crippen MR) is 95.7 cm³/mol. The van der Waals surface area contributed by atoms with Crippen LogP contribution in [0.2, 0.25) is 0 Å². The molecule has 0 atom stereocenters. The number of amides is 2. The van der Waals surface area contributed by atoms with E-state index in [4.69, 9.17) is 4.74 Å². The number of carbonyl (C=O) groups excluding carboxylic acids is 1. The van der Waals surface area contributed by atoms with Gasteiger partial charge in [0.15, 0.2) is 11.6 Å². The Hall–Kier alpha value is -3.48. The number of hydrogen-bond acceptors (Lipinski definition) is 4. The summed E-state index contributed by atoms with van der Waals surface area (Å²) in [5, 5.41) is 2.81. The van der Waals surface area contributed by atoms with Gasteiger partial charge in [-0.15, -0.1) is 0 Å². The van der Waals surface area contributed by atoms with Crippen molar-refractivity contribution in [2.75, 3.05) is 23.4 Å². The van der Waals surface area contributed by atoms with E-state index in [1.807, 2.05) is 0 Å². The molecule has 2 aromatic heterocycles. The Bertz CT molecular complexity index is 949. The van der Waals surface area contributed by atoms with E-state index < -0.39 is 0 Å². The molecule has 0 bridgehead atoms. The number of hydrogen-bond donors (Lipinski definition) is 1. The molecule has 130 valence electrons. The summed E-state index contributed by atoms with van der Waals surface area (Å²) in [6.45, 7) is 0.737. The van der Waals surface area contributed by atoms with Gasteiger partial charge in [0.25, 0.3) is 0 Å². The van der Waals surface area contributed by atoms with Crippen molar-refractivity contribution in [2.45, 2.75) is 0 Å². The Morgan fingerprint density at radius 3 is 2.81 bits per heavy atom. The van der Waals surface area contributed by atoms with Gasteiger partial charge in [0.05, 0.1) is 12.2 Å². The Morgan fingerprint density at radius 1 is 1.15 bits per heavy atom. The summed E-state index contributed by atoms with van der Waals surface area (Å²) in [6.07, 6.45) is 3.20. The number of carbonyl (C=O) groups is 1. The smallest absolute Gasteiger partial charge is 0.327 e. The van der Waals surface area contributed by atoms with Crippen LogP contribution >= 0.6 is 0 Å². The van der Waals surface area contributed by atoms with E-state index in [-0.39, 0.29) is 11.8 Å². The van der Waals surface area contributed by atoms with E-state index in [2.05, 4.69) is 15.3 Å². The van der Waals surface area contributed by atoms with E-state index in [9.17, 15) is 9.18 Å². The van der Waals surface area contributed by atoms with Gasteiger partial charge in [-0.05, 0) is 36.4 Å². The van der Waals surface area contributed by atoms with Crippen molar-refractivity contribution in [3.63, 3.8) is 0 Å². The molecule has 6 nitrogen and oxygen atoms in total. The molecule has 0 saturated carbocycles. The van der Waals surface area contributed by atoms with Crippen LogP contribution in [0.25, 0.3) is 11.3 Å². The molecular weight excluding hydrogens is 335 g/mol. The van der Waals surface area contributed by atoms with Crippen molar-refractivity contribution in [3.8, 4) is 17.0 Å². The van der Waals surface area contributed by atoms with Crippen molar-refractivity contribution in [3.05, 3.63) is 66.7 Å². The first-order chi connectivity index (χ1) is 12.7. The van der Waals surface area contributed by atoms with Gasteiger partial charge in [-0.3, -0.25) is 9.88 Å².